The molecule has 0 rings (SSSR count). The van der Waals surface area contributed by atoms with Crippen molar-refractivity contribution in [3.8, 4) is 0 Å². The fourth-order valence-electron chi connectivity index (χ4n) is 2.54. The molecule has 0 N–H and O–H groups in total. The number of esters is 2. The van der Waals surface area contributed by atoms with E-state index in [0.717, 1.165) is 12.2 Å². The van der Waals surface area contributed by atoms with Crippen LogP contribution in [0.4, 0.5) is 0 Å². The highest BCUT2D eigenvalue weighted by Crippen LogP contribution is 2.52. The van der Waals surface area contributed by atoms with Crippen molar-refractivity contribution in [1.82, 2.24) is 0 Å². The Morgan fingerprint density at radius 1 is 0.810 bits per heavy atom. The van der Waals surface area contributed by atoms with Crippen LogP contribution in [0, 0.1) is 16.2 Å². The van der Waals surface area contributed by atoms with E-state index in [-0.39, 0.29) is 24.0 Å². The number of ether oxygens (including phenoxy) is 2. The van der Waals surface area contributed by atoms with Gasteiger partial charge in [0.2, 0.25) is 0 Å². The average molecular weight is 296 g/mol. The van der Waals surface area contributed by atoms with E-state index in [1.54, 1.807) is 0 Å². The van der Waals surface area contributed by atoms with Gasteiger partial charge >= 0.3 is 11.9 Å². The van der Waals surface area contributed by atoms with Crippen LogP contribution < -0.4 is 0 Å². The molecule has 0 aromatic rings. The fraction of sp³-hybridized carbons (Fsp3) is 0.647. The molecule has 0 spiro atoms. The standard InChI is InChI=1S/C17H28O4/c1-9-13(18)20-11-17(15(3,4)5,16(6,7)8)12-21-14(19)10-2/h9-10H,1-2,11-12H2,3-8H3. The Morgan fingerprint density at radius 2 is 1.10 bits per heavy atom. The summed E-state index contributed by atoms with van der Waals surface area (Å²) in [5.74, 6) is -0.967. The summed E-state index contributed by atoms with van der Waals surface area (Å²) in [6.07, 6.45) is 2.26. The first kappa shape index (κ1) is 19.4. The lowest BCUT2D eigenvalue weighted by Crippen LogP contribution is -2.53. The molecule has 4 heteroatoms. The monoisotopic (exact) mass is 296 g/mol. The van der Waals surface area contributed by atoms with Crippen molar-refractivity contribution >= 4 is 11.9 Å². The van der Waals surface area contributed by atoms with Gasteiger partial charge in [-0.2, -0.15) is 0 Å². The van der Waals surface area contributed by atoms with Gasteiger partial charge in [-0.3, -0.25) is 0 Å². The van der Waals surface area contributed by atoms with Gasteiger partial charge in [0.15, 0.2) is 0 Å². The predicted octanol–water partition coefficient (Wildman–Crippen LogP) is 3.52. The van der Waals surface area contributed by atoms with Gasteiger partial charge in [0, 0.05) is 17.6 Å². The Morgan fingerprint density at radius 3 is 1.29 bits per heavy atom. The third-order valence-corrected chi connectivity index (χ3v) is 4.13. The molecule has 0 radical (unpaired) electrons. The van der Waals surface area contributed by atoms with E-state index in [2.05, 4.69) is 13.2 Å². The molecule has 0 aliphatic carbocycles. The van der Waals surface area contributed by atoms with Crippen LogP contribution in [-0.2, 0) is 19.1 Å². The summed E-state index contributed by atoms with van der Waals surface area (Å²) >= 11 is 0. The highest BCUT2D eigenvalue weighted by Gasteiger charge is 2.52. The van der Waals surface area contributed by atoms with Crippen LogP contribution in [0.5, 0.6) is 0 Å². The molecule has 0 aromatic heterocycles. The lowest BCUT2D eigenvalue weighted by Gasteiger charge is -2.52. The number of hydrogen-bond donors (Lipinski definition) is 0. The van der Waals surface area contributed by atoms with Gasteiger partial charge in [-0.05, 0) is 10.8 Å². The molecule has 0 amide bonds. The zero-order valence-corrected chi connectivity index (χ0v) is 14.1. The van der Waals surface area contributed by atoms with Gasteiger partial charge in [0.25, 0.3) is 0 Å². The van der Waals surface area contributed by atoms with E-state index in [1.165, 1.54) is 0 Å². The molecule has 0 aliphatic heterocycles. The maximum atomic E-state index is 11.4. The summed E-state index contributed by atoms with van der Waals surface area (Å²) in [5, 5.41) is 0. The highest BCUT2D eigenvalue weighted by molar-refractivity contribution is 5.81. The van der Waals surface area contributed by atoms with Crippen molar-refractivity contribution in [2.45, 2.75) is 41.5 Å². The zero-order chi connectivity index (χ0) is 16.9. The molecule has 0 fully saturated rings. The summed E-state index contributed by atoms with van der Waals surface area (Å²) in [7, 11) is 0. The lowest BCUT2D eigenvalue weighted by molar-refractivity contribution is -0.169. The molecular formula is C17H28O4. The second-order valence-electron chi connectivity index (χ2n) is 7.21. The molecule has 0 saturated carbocycles. The maximum absolute atomic E-state index is 11.4. The van der Waals surface area contributed by atoms with Crippen LogP contribution in [0.1, 0.15) is 41.5 Å². The molecule has 4 nitrogen and oxygen atoms in total. The summed E-state index contributed by atoms with van der Waals surface area (Å²) in [4.78, 5) is 22.9. The first-order chi connectivity index (χ1) is 9.41. The first-order valence-corrected chi connectivity index (χ1v) is 6.99. The van der Waals surface area contributed by atoms with Gasteiger partial charge in [0.1, 0.15) is 13.2 Å². The minimum Gasteiger partial charge on any atom is -0.462 e. The minimum absolute atomic E-state index is 0.148. The summed E-state index contributed by atoms with van der Waals surface area (Å²) in [5.41, 5.74) is -1.06. The topological polar surface area (TPSA) is 52.6 Å². The number of hydrogen-bond acceptors (Lipinski definition) is 4. The highest BCUT2D eigenvalue weighted by atomic mass is 16.5. The molecule has 0 unspecified atom stereocenters. The molecule has 0 saturated heterocycles. The van der Waals surface area contributed by atoms with E-state index in [0.29, 0.717) is 0 Å². The van der Waals surface area contributed by atoms with Gasteiger partial charge in [-0.15, -0.1) is 0 Å². The Bertz CT molecular complexity index is 367. The average Bonchev–Trinajstić information content (AvgIpc) is 2.34. The van der Waals surface area contributed by atoms with E-state index < -0.39 is 17.4 Å². The predicted molar refractivity (Wildman–Crippen MR) is 83.7 cm³/mol. The third kappa shape index (κ3) is 4.73. The van der Waals surface area contributed by atoms with Crippen LogP contribution in [0.15, 0.2) is 25.3 Å². The number of rotatable bonds is 6. The smallest absolute Gasteiger partial charge is 0.330 e. The van der Waals surface area contributed by atoms with Gasteiger partial charge in [-0.1, -0.05) is 54.7 Å². The molecule has 120 valence electrons. The maximum Gasteiger partial charge on any atom is 0.330 e. The van der Waals surface area contributed by atoms with Crippen molar-refractivity contribution in [1.29, 1.82) is 0 Å². The van der Waals surface area contributed by atoms with Crippen LogP contribution in [0.25, 0.3) is 0 Å². The van der Waals surface area contributed by atoms with Gasteiger partial charge in [-0.25, -0.2) is 9.59 Å². The first-order valence-electron chi connectivity index (χ1n) is 6.99. The Labute approximate surface area is 128 Å². The normalized spacial score (nSPS) is 12.5. The van der Waals surface area contributed by atoms with Crippen molar-refractivity contribution in [2.75, 3.05) is 13.2 Å². The van der Waals surface area contributed by atoms with Crippen molar-refractivity contribution in [3.05, 3.63) is 25.3 Å². The summed E-state index contributed by atoms with van der Waals surface area (Å²) < 4.78 is 10.6. The molecule has 0 heterocycles. The van der Waals surface area contributed by atoms with Crippen LogP contribution in [-0.4, -0.2) is 25.2 Å². The molecule has 0 bridgehead atoms. The van der Waals surface area contributed by atoms with Crippen molar-refractivity contribution in [2.24, 2.45) is 16.2 Å². The summed E-state index contributed by atoms with van der Waals surface area (Å²) in [6.45, 7) is 19.4. The van der Waals surface area contributed by atoms with Crippen LogP contribution in [0.2, 0.25) is 0 Å². The minimum atomic E-state index is -0.544. The summed E-state index contributed by atoms with van der Waals surface area (Å²) in [6, 6.07) is 0. The zero-order valence-electron chi connectivity index (χ0n) is 14.1. The Balaban J connectivity index is 5.54. The lowest BCUT2D eigenvalue weighted by atomic mass is 9.55. The van der Waals surface area contributed by atoms with Crippen molar-refractivity contribution < 1.29 is 19.1 Å². The molecule has 21 heavy (non-hydrogen) atoms. The van der Waals surface area contributed by atoms with Crippen LogP contribution in [0.3, 0.4) is 0 Å². The molecule has 0 aromatic carbocycles. The SMILES string of the molecule is C=CC(=O)OCC(COC(=O)C=C)(C(C)(C)C)C(C)(C)C. The van der Waals surface area contributed by atoms with Gasteiger partial charge in [0.05, 0.1) is 0 Å². The molecular weight excluding hydrogens is 268 g/mol. The second kappa shape index (κ2) is 6.92. The molecule has 0 atom stereocenters. The Kier molecular flexibility index (Phi) is 6.40. The number of carbonyl (C=O) groups is 2. The van der Waals surface area contributed by atoms with E-state index in [1.807, 2.05) is 41.5 Å². The quantitative estimate of drug-likeness (QED) is 0.556. The fourth-order valence-corrected chi connectivity index (χ4v) is 2.54. The molecule has 0 aliphatic rings. The number of carbonyl (C=O) groups excluding carboxylic acids is 2. The third-order valence-electron chi connectivity index (χ3n) is 4.13. The van der Waals surface area contributed by atoms with E-state index >= 15 is 0 Å². The Hall–Kier alpha value is -1.58. The van der Waals surface area contributed by atoms with Crippen LogP contribution >= 0.6 is 0 Å². The van der Waals surface area contributed by atoms with E-state index in [9.17, 15) is 9.59 Å². The largest absolute Gasteiger partial charge is 0.462 e. The van der Waals surface area contributed by atoms with Crippen molar-refractivity contribution in [3.63, 3.8) is 0 Å². The van der Waals surface area contributed by atoms with E-state index in [4.69, 9.17) is 9.47 Å². The van der Waals surface area contributed by atoms with Gasteiger partial charge < -0.3 is 9.47 Å². The second-order valence-corrected chi connectivity index (χ2v) is 7.21.